The first-order valence-corrected chi connectivity index (χ1v) is 51.3. The van der Waals surface area contributed by atoms with Crippen LogP contribution in [0, 0.1) is 35.5 Å². The highest BCUT2D eigenvalue weighted by molar-refractivity contribution is 5.90. The molecule has 0 bridgehead atoms. The van der Waals surface area contributed by atoms with Crippen molar-refractivity contribution in [2.75, 3.05) is 81.2 Å². The van der Waals surface area contributed by atoms with Gasteiger partial charge in [0, 0.05) is 82.8 Å². The van der Waals surface area contributed by atoms with Crippen LogP contribution in [0.25, 0.3) is 0 Å². The van der Waals surface area contributed by atoms with Crippen molar-refractivity contribution in [1.29, 1.82) is 0 Å². The highest BCUT2D eigenvalue weighted by Gasteiger charge is 2.47. The van der Waals surface area contributed by atoms with Crippen molar-refractivity contribution in [3.63, 3.8) is 0 Å². The minimum Gasteiger partial charge on any atom is -0.497 e. The topological polar surface area (TPSA) is 327 Å². The Morgan fingerprint density at radius 3 is 0.944 bits per heavy atom. The zero-order valence-electron chi connectivity index (χ0n) is 85.6. The van der Waals surface area contributed by atoms with Crippen LogP contribution in [0.1, 0.15) is 257 Å². The molecule has 4 unspecified atom stereocenters. The summed E-state index contributed by atoms with van der Waals surface area (Å²) in [5.41, 5.74) is 3.89. The van der Waals surface area contributed by atoms with Gasteiger partial charge < -0.3 is 86.0 Å². The first-order chi connectivity index (χ1) is 69.6. The standard InChI is InChI=1S/C59H75NO12.C58H73NO13/c1-41(61)26-35-56(64)71-53-37-49(39-70-59(46-21-13-10-14-22-46,47-27-31-51(66-5)32-28-47)48-29-33-52(67-6)34-30-48)60(38-53)55(63)25-16-8-7-15-23-50(62)24-17-18-36-68-58-44(4)42(2)43(3)54(72-58)40-69-57(65)45-19-11-9-12-20-45;1-40-41(2)52(39-69-56(65)43-18-10-8-11-19-43)72-57(42(40)3)68-35-17-16-23-48(60)22-14-6-7-15-24-53(61)59-37-51(71-55(64)34-33-54(62)63)36-47(59)38-70-58(44-20-12-9-13-21-44,45-25-29-49(66-4)30-26-45)46-27-31-50(67-5)32-28-46/h9-14,19-22,27-34,42-44,49,53-54,58H,7-8,15-18,23-26,35-40H2,1-6H3;8-13,18-21,25-32,40-42,47,51-52,57H,6-7,14-17,22-24,33-39H2,1-5H3,(H,62,63)/t42-,43-,44?,49-,53+,54?,58-;40-,41-,42?,47-,51+,52?,57-/m00/s1. The zero-order valence-corrected chi connectivity index (χ0v) is 85.6. The quantitative estimate of drug-likeness (QED) is 0.0160. The van der Waals surface area contributed by atoms with Gasteiger partial charge in [-0.3, -0.25) is 33.6 Å². The highest BCUT2D eigenvalue weighted by Crippen LogP contribution is 2.46. The maximum Gasteiger partial charge on any atom is 0.338 e. The number of likely N-dealkylation sites (tertiary alicyclic amines) is 2. The van der Waals surface area contributed by atoms with Crippen molar-refractivity contribution in [2.24, 2.45) is 35.5 Å². The van der Waals surface area contributed by atoms with Gasteiger partial charge in [0.15, 0.2) is 12.6 Å². The molecule has 0 spiro atoms. The second kappa shape index (κ2) is 57.6. The summed E-state index contributed by atoms with van der Waals surface area (Å²) in [6.45, 7) is 16.1. The maximum atomic E-state index is 14.1. The van der Waals surface area contributed by atoms with Crippen LogP contribution < -0.4 is 18.9 Å². The number of ketones is 3. The number of hydrogen-bond acceptors (Lipinski definition) is 24. The normalized spacial score (nSPS) is 20.9. The van der Waals surface area contributed by atoms with Gasteiger partial charge in [0.05, 0.1) is 109 Å². The maximum absolute atomic E-state index is 14.1. The lowest BCUT2D eigenvalue weighted by atomic mass is 9.79. The smallest absolute Gasteiger partial charge is 0.338 e. The summed E-state index contributed by atoms with van der Waals surface area (Å²) in [4.78, 5) is 131. The summed E-state index contributed by atoms with van der Waals surface area (Å²) in [6.07, 6.45) is 8.88. The fourth-order valence-electron chi connectivity index (χ4n) is 19.5. The molecule has 14 atom stereocenters. The number of ether oxygens (including phenoxy) is 14. The van der Waals surface area contributed by atoms with Crippen LogP contribution in [0.3, 0.4) is 0 Å². The molecule has 0 radical (unpaired) electrons. The Bertz CT molecular complexity index is 4880. The van der Waals surface area contributed by atoms with E-state index in [0.717, 1.165) is 91.2 Å². The molecule has 4 saturated heterocycles. The van der Waals surface area contributed by atoms with E-state index in [2.05, 4.69) is 41.5 Å². The van der Waals surface area contributed by atoms with Crippen molar-refractivity contribution in [3.8, 4) is 23.0 Å². The Labute approximate surface area is 849 Å². The first-order valence-electron chi connectivity index (χ1n) is 51.3. The molecule has 0 saturated carbocycles. The van der Waals surface area contributed by atoms with Crippen LogP contribution in [0.15, 0.2) is 218 Å². The van der Waals surface area contributed by atoms with Gasteiger partial charge in [-0.05, 0) is 188 Å². The van der Waals surface area contributed by atoms with Gasteiger partial charge >= 0.3 is 29.8 Å². The molecule has 4 fully saturated rings. The highest BCUT2D eigenvalue weighted by atomic mass is 16.7. The predicted octanol–water partition coefficient (Wildman–Crippen LogP) is 20.5. The number of carboxylic acids is 1. The Balaban J connectivity index is 0.000000274. The molecule has 8 aromatic carbocycles. The van der Waals surface area contributed by atoms with Crippen LogP contribution in [-0.2, 0) is 96.9 Å². The fourth-order valence-corrected chi connectivity index (χ4v) is 19.5. The average Bonchev–Trinajstić information content (AvgIpc) is 1.29. The number of carbonyl (C=O) groups is 10. The van der Waals surface area contributed by atoms with Crippen molar-refractivity contribution in [2.45, 2.75) is 263 Å². The molecule has 27 heteroatoms. The third kappa shape index (κ3) is 32.5. The molecule has 4 aliphatic heterocycles. The van der Waals surface area contributed by atoms with E-state index in [1.54, 1.807) is 86.8 Å². The van der Waals surface area contributed by atoms with E-state index < -0.39 is 66.0 Å². The van der Waals surface area contributed by atoms with Gasteiger partial charge in [-0.2, -0.15) is 0 Å². The number of carboxylic acid groups (broad SMARTS) is 1. The summed E-state index contributed by atoms with van der Waals surface area (Å²) in [7, 11) is 6.47. The van der Waals surface area contributed by atoms with E-state index in [4.69, 9.17) is 71.4 Å². The predicted molar refractivity (Wildman–Crippen MR) is 544 cm³/mol. The molecule has 4 aliphatic rings. The summed E-state index contributed by atoms with van der Waals surface area (Å²) in [5, 5.41) is 9.16. The summed E-state index contributed by atoms with van der Waals surface area (Å²) >= 11 is 0. The molecule has 776 valence electrons. The molecule has 27 nitrogen and oxygen atoms in total. The van der Waals surface area contributed by atoms with Crippen molar-refractivity contribution >= 4 is 59.0 Å². The van der Waals surface area contributed by atoms with E-state index in [0.29, 0.717) is 123 Å². The Morgan fingerprint density at radius 1 is 0.333 bits per heavy atom. The number of unbranched alkanes of at least 4 members (excludes halogenated alkanes) is 8. The number of benzene rings is 8. The average molecular weight is 1980 g/mol. The number of rotatable bonds is 56. The molecular formula is C117H148N2O25. The molecule has 1 N–H and O–H groups in total. The van der Waals surface area contributed by atoms with Gasteiger partial charge in [0.2, 0.25) is 11.8 Å². The molecule has 144 heavy (non-hydrogen) atoms. The van der Waals surface area contributed by atoms with E-state index in [-0.39, 0.29) is 149 Å². The van der Waals surface area contributed by atoms with Crippen molar-refractivity contribution < 1.29 is 119 Å². The van der Waals surface area contributed by atoms with Crippen LogP contribution in [0.2, 0.25) is 0 Å². The summed E-state index contributed by atoms with van der Waals surface area (Å²) in [5.74, 6) is 1.30. The van der Waals surface area contributed by atoms with Crippen LogP contribution in [-0.4, -0.2) is 204 Å². The minimum absolute atomic E-state index is 0.0171. The fraction of sp³-hybridized carbons (Fsp3) is 0.504. The number of esters is 4. The number of carbonyl (C=O) groups excluding carboxylic acids is 9. The van der Waals surface area contributed by atoms with E-state index >= 15 is 0 Å². The minimum atomic E-state index is -1.13. The molecule has 2 amide bonds. The second-order valence-corrected chi connectivity index (χ2v) is 38.6. The third-order valence-electron chi connectivity index (χ3n) is 28.7. The Kier molecular flexibility index (Phi) is 45.0. The van der Waals surface area contributed by atoms with E-state index in [1.165, 1.54) is 6.92 Å². The number of amides is 2. The van der Waals surface area contributed by atoms with E-state index in [9.17, 15) is 47.9 Å². The van der Waals surface area contributed by atoms with Gasteiger partial charge in [-0.15, -0.1) is 0 Å². The Hall–Kier alpha value is -12.0. The lowest BCUT2D eigenvalue weighted by molar-refractivity contribution is -0.254. The molecule has 0 aliphatic carbocycles. The van der Waals surface area contributed by atoms with Crippen LogP contribution >= 0.6 is 0 Å². The van der Waals surface area contributed by atoms with Crippen molar-refractivity contribution in [1.82, 2.24) is 9.80 Å². The first kappa shape index (κ1) is 112. The largest absolute Gasteiger partial charge is 0.497 e. The van der Waals surface area contributed by atoms with Gasteiger partial charge in [0.25, 0.3) is 0 Å². The number of hydrogen-bond donors (Lipinski definition) is 1. The summed E-state index contributed by atoms with van der Waals surface area (Å²) < 4.78 is 84.3. The van der Waals surface area contributed by atoms with E-state index in [1.807, 2.05) is 170 Å². The lowest BCUT2D eigenvalue weighted by Gasteiger charge is -2.43. The zero-order chi connectivity index (χ0) is 103. The molecule has 0 aromatic heterocycles. The van der Waals surface area contributed by atoms with Crippen molar-refractivity contribution in [3.05, 3.63) is 263 Å². The van der Waals surface area contributed by atoms with Gasteiger partial charge in [0.1, 0.15) is 77.0 Å². The van der Waals surface area contributed by atoms with Gasteiger partial charge in [-0.1, -0.05) is 213 Å². The summed E-state index contributed by atoms with van der Waals surface area (Å²) in [6, 6.07) is 67.7. The Morgan fingerprint density at radius 2 is 0.632 bits per heavy atom. The number of nitrogens with zero attached hydrogens (tertiary/aromatic N) is 2. The number of Topliss-reactive ketones (excluding diaryl/α,β-unsaturated/α-hetero) is 3. The molecular weight excluding hydrogens is 1830 g/mol. The molecule has 8 aromatic rings. The monoisotopic (exact) mass is 1980 g/mol. The van der Waals surface area contributed by atoms with Gasteiger partial charge in [-0.25, -0.2) is 9.59 Å². The SMILES string of the molecule is COc1ccc(C(OC[C@@H]2C[C@@H](OC(=O)CCC(=O)O)CN2C(=O)CCCCCCC(=O)CCCCO[C@H]2OC(COC(=O)c3ccccc3)[C@@H](C)[C@H](C)C2C)(c2ccccc2)c2ccc(OC)cc2)cc1.COc1ccc(C(OC[C@@H]2C[C@@H](OC(=O)CCC(C)=O)CN2C(=O)CCCCCCC(=O)CCCCO[C@H]2OC(COC(=O)c3ccccc3)[C@@H](C)[C@H](C)C2C)(c2ccccc2)c2ccc(OC)cc2)cc1. The number of methoxy groups -OCH3 is 4. The molecule has 4 heterocycles. The molecule has 12 rings (SSSR count). The lowest BCUT2D eigenvalue weighted by Crippen LogP contribution is -2.48. The second-order valence-electron chi connectivity index (χ2n) is 38.6. The van der Waals surface area contributed by atoms with Crippen LogP contribution in [0.5, 0.6) is 23.0 Å². The number of aliphatic carboxylic acids is 1. The van der Waals surface area contributed by atoms with Crippen LogP contribution in [0.4, 0.5) is 0 Å². The third-order valence-corrected chi connectivity index (χ3v) is 28.7.